The number of amides is 1. The summed E-state index contributed by atoms with van der Waals surface area (Å²) in [5.41, 5.74) is 1.38. The molecule has 0 saturated carbocycles. The molecule has 0 heterocycles. The van der Waals surface area contributed by atoms with Crippen molar-refractivity contribution in [2.75, 3.05) is 23.0 Å². The number of para-hydroxylation sites is 1. The van der Waals surface area contributed by atoms with E-state index in [0.29, 0.717) is 16.3 Å². The van der Waals surface area contributed by atoms with E-state index in [1.807, 2.05) is 0 Å². The third kappa shape index (κ3) is 5.27. The molecule has 0 saturated heterocycles. The van der Waals surface area contributed by atoms with Crippen LogP contribution in [-0.4, -0.2) is 39.7 Å². The van der Waals surface area contributed by atoms with Crippen molar-refractivity contribution in [3.63, 3.8) is 0 Å². The fourth-order valence-corrected chi connectivity index (χ4v) is 4.38. The van der Waals surface area contributed by atoms with Crippen LogP contribution in [0.15, 0.2) is 42.5 Å². The van der Waals surface area contributed by atoms with Crippen molar-refractivity contribution in [1.82, 2.24) is 0 Å². The number of rotatable bonds is 7. The standard InChI is InChI=1S/C20H23ClN2O5S/c1-5-17(19(24)22-16-9-7-6-8-15(16)20(25)28-3)23(29(4,26)27)18-12-14(21)11-10-13(18)2/h6-12,17H,5H2,1-4H3,(H,22,24)/t17-/m1/s1. The fourth-order valence-electron chi connectivity index (χ4n) is 2.95. The number of nitrogens with zero attached hydrogens (tertiary/aromatic N) is 1. The quantitative estimate of drug-likeness (QED) is 0.666. The van der Waals surface area contributed by atoms with E-state index in [9.17, 15) is 18.0 Å². The lowest BCUT2D eigenvalue weighted by Crippen LogP contribution is -2.47. The topological polar surface area (TPSA) is 92.8 Å². The van der Waals surface area contributed by atoms with Crippen molar-refractivity contribution in [1.29, 1.82) is 0 Å². The summed E-state index contributed by atoms with van der Waals surface area (Å²) in [6.07, 6.45) is 1.23. The Labute approximate surface area is 175 Å². The number of ether oxygens (including phenoxy) is 1. The van der Waals surface area contributed by atoms with Crippen LogP contribution in [0.5, 0.6) is 0 Å². The van der Waals surface area contributed by atoms with Crippen LogP contribution in [0, 0.1) is 6.92 Å². The molecule has 0 aliphatic heterocycles. The summed E-state index contributed by atoms with van der Waals surface area (Å²) in [7, 11) is -2.58. The van der Waals surface area contributed by atoms with Gasteiger partial charge in [0.15, 0.2) is 0 Å². The average Bonchev–Trinajstić information content (AvgIpc) is 2.66. The Bertz CT molecular complexity index is 1020. The summed E-state index contributed by atoms with van der Waals surface area (Å²) in [5.74, 6) is -1.19. The molecule has 0 aliphatic rings. The molecule has 9 heteroatoms. The molecular formula is C20H23ClN2O5S. The number of benzene rings is 2. The predicted octanol–water partition coefficient (Wildman–Crippen LogP) is 3.62. The summed E-state index contributed by atoms with van der Waals surface area (Å²) in [6, 6.07) is 10.1. The first kappa shape index (κ1) is 22.7. The van der Waals surface area contributed by atoms with Crippen LogP contribution in [0.2, 0.25) is 5.02 Å². The van der Waals surface area contributed by atoms with Gasteiger partial charge in [0, 0.05) is 5.02 Å². The number of carbonyl (C=O) groups excluding carboxylic acids is 2. The molecule has 1 atom stereocenters. The summed E-state index contributed by atoms with van der Waals surface area (Å²) in [6.45, 7) is 3.44. The van der Waals surface area contributed by atoms with Gasteiger partial charge in [0.05, 0.1) is 30.3 Å². The normalized spacial score (nSPS) is 12.2. The van der Waals surface area contributed by atoms with Gasteiger partial charge in [-0.15, -0.1) is 0 Å². The minimum Gasteiger partial charge on any atom is -0.465 e. The maximum absolute atomic E-state index is 13.1. The molecule has 156 valence electrons. The SMILES string of the molecule is CC[C@H](C(=O)Nc1ccccc1C(=O)OC)N(c1cc(Cl)ccc1C)S(C)(=O)=O. The van der Waals surface area contributed by atoms with Gasteiger partial charge < -0.3 is 10.1 Å². The van der Waals surface area contributed by atoms with Crippen molar-refractivity contribution in [2.45, 2.75) is 26.3 Å². The maximum Gasteiger partial charge on any atom is 0.339 e. The number of halogens is 1. The van der Waals surface area contributed by atoms with E-state index in [2.05, 4.69) is 5.32 Å². The van der Waals surface area contributed by atoms with Crippen LogP contribution in [0.3, 0.4) is 0 Å². The molecule has 29 heavy (non-hydrogen) atoms. The number of hydrogen-bond donors (Lipinski definition) is 1. The van der Waals surface area contributed by atoms with E-state index in [0.717, 1.165) is 10.6 Å². The number of sulfonamides is 1. The highest BCUT2D eigenvalue weighted by atomic mass is 35.5. The molecule has 2 aromatic rings. The molecule has 1 N–H and O–H groups in total. The predicted molar refractivity (Wildman–Crippen MR) is 114 cm³/mol. The number of esters is 1. The maximum atomic E-state index is 13.1. The number of anilines is 2. The molecule has 2 aromatic carbocycles. The molecule has 1 amide bonds. The van der Waals surface area contributed by atoms with E-state index in [1.54, 1.807) is 44.2 Å². The molecule has 7 nitrogen and oxygen atoms in total. The summed E-state index contributed by atoms with van der Waals surface area (Å²) in [5, 5.41) is 3.01. The van der Waals surface area contributed by atoms with Gasteiger partial charge >= 0.3 is 5.97 Å². The monoisotopic (exact) mass is 438 g/mol. The second kappa shape index (κ2) is 9.28. The van der Waals surface area contributed by atoms with Crippen LogP contribution >= 0.6 is 11.6 Å². The lowest BCUT2D eigenvalue weighted by molar-refractivity contribution is -0.117. The zero-order valence-electron chi connectivity index (χ0n) is 16.6. The summed E-state index contributed by atoms with van der Waals surface area (Å²) < 4.78 is 31.0. The third-order valence-corrected chi connectivity index (χ3v) is 5.73. The van der Waals surface area contributed by atoms with Gasteiger partial charge in [-0.2, -0.15) is 0 Å². The Balaban J connectivity index is 2.48. The molecule has 0 spiro atoms. The Morgan fingerprint density at radius 3 is 2.45 bits per heavy atom. The molecule has 0 radical (unpaired) electrons. The highest BCUT2D eigenvalue weighted by Crippen LogP contribution is 2.30. The molecule has 0 aliphatic carbocycles. The van der Waals surface area contributed by atoms with Gasteiger partial charge in [0.1, 0.15) is 6.04 Å². The molecule has 0 unspecified atom stereocenters. The Morgan fingerprint density at radius 1 is 1.21 bits per heavy atom. The number of nitrogens with one attached hydrogen (secondary N) is 1. The molecule has 0 bridgehead atoms. The number of aryl methyl sites for hydroxylation is 1. The second-order valence-corrected chi connectivity index (χ2v) is 8.74. The van der Waals surface area contributed by atoms with Gasteiger partial charge in [-0.25, -0.2) is 13.2 Å². The van der Waals surface area contributed by atoms with Gasteiger partial charge in [0.2, 0.25) is 15.9 Å². The highest BCUT2D eigenvalue weighted by molar-refractivity contribution is 7.92. The average molecular weight is 439 g/mol. The van der Waals surface area contributed by atoms with Gasteiger partial charge in [-0.05, 0) is 43.2 Å². The van der Waals surface area contributed by atoms with Crippen molar-refractivity contribution in [3.05, 3.63) is 58.6 Å². The van der Waals surface area contributed by atoms with Crippen LogP contribution in [0.4, 0.5) is 11.4 Å². The first-order valence-corrected chi connectivity index (χ1v) is 11.1. The van der Waals surface area contributed by atoms with E-state index in [4.69, 9.17) is 16.3 Å². The number of methoxy groups -OCH3 is 1. The van der Waals surface area contributed by atoms with Crippen molar-refractivity contribution in [2.24, 2.45) is 0 Å². The smallest absolute Gasteiger partial charge is 0.339 e. The Hall–Kier alpha value is -2.58. The lowest BCUT2D eigenvalue weighted by atomic mass is 10.1. The zero-order valence-corrected chi connectivity index (χ0v) is 18.2. The minimum absolute atomic E-state index is 0.169. The van der Waals surface area contributed by atoms with Crippen LogP contribution < -0.4 is 9.62 Å². The lowest BCUT2D eigenvalue weighted by Gasteiger charge is -2.31. The van der Waals surface area contributed by atoms with E-state index >= 15 is 0 Å². The molecular weight excluding hydrogens is 416 g/mol. The molecule has 0 fully saturated rings. The first-order valence-electron chi connectivity index (χ1n) is 8.83. The highest BCUT2D eigenvalue weighted by Gasteiger charge is 2.33. The third-order valence-electron chi connectivity index (χ3n) is 4.33. The van der Waals surface area contributed by atoms with Crippen molar-refractivity contribution >= 4 is 44.9 Å². The minimum atomic E-state index is -3.81. The van der Waals surface area contributed by atoms with E-state index in [1.165, 1.54) is 19.2 Å². The van der Waals surface area contributed by atoms with Crippen LogP contribution in [0.1, 0.15) is 29.3 Å². The van der Waals surface area contributed by atoms with Gasteiger partial charge in [-0.3, -0.25) is 9.10 Å². The van der Waals surface area contributed by atoms with Gasteiger partial charge in [-0.1, -0.05) is 36.7 Å². The Morgan fingerprint density at radius 2 is 1.86 bits per heavy atom. The second-order valence-electron chi connectivity index (χ2n) is 6.44. The molecule has 2 rings (SSSR count). The number of carbonyl (C=O) groups is 2. The van der Waals surface area contributed by atoms with Crippen LogP contribution in [-0.2, 0) is 19.6 Å². The molecule has 0 aromatic heterocycles. The number of hydrogen-bond acceptors (Lipinski definition) is 5. The van der Waals surface area contributed by atoms with E-state index < -0.39 is 27.9 Å². The van der Waals surface area contributed by atoms with Crippen molar-refractivity contribution < 1.29 is 22.7 Å². The Kier molecular flexibility index (Phi) is 7.26. The largest absolute Gasteiger partial charge is 0.465 e. The van der Waals surface area contributed by atoms with E-state index in [-0.39, 0.29) is 17.7 Å². The first-order chi connectivity index (χ1) is 13.6. The summed E-state index contributed by atoms with van der Waals surface area (Å²) >= 11 is 6.07. The fraction of sp³-hybridized carbons (Fsp3) is 0.300. The summed E-state index contributed by atoms with van der Waals surface area (Å²) in [4.78, 5) is 25.0. The zero-order chi connectivity index (χ0) is 21.8. The van der Waals surface area contributed by atoms with Gasteiger partial charge in [0.25, 0.3) is 0 Å². The van der Waals surface area contributed by atoms with Crippen molar-refractivity contribution in [3.8, 4) is 0 Å². The van der Waals surface area contributed by atoms with Crippen LogP contribution in [0.25, 0.3) is 0 Å².